The van der Waals surface area contributed by atoms with E-state index in [1.807, 2.05) is 0 Å². The molecule has 0 spiro atoms. The molecule has 0 bridgehead atoms. The fourth-order valence-electron chi connectivity index (χ4n) is 1.79. The standard InChI is InChI=1S/C16H12ClFN2O3S/c1-23-12-3-5-13(6-4-12)24(21,22)14(9-19)10-20-11-2-7-16(18)15(17)8-11/h2-8,10,20H,1H3/b14-10-. The number of nitriles is 1. The SMILES string of the molecule is COc1ccc(S(=O)(=O)/C(C#N)=C\Nc2ccc(F)c(Cl)c2)cc1. The predicted molar refractivity (Wildman–Crippen MR) is 88.9 cm³/mol. The van der Waals surface area contributed by atoms with E-state index in [1.165, 1.54) is 43.5 Å². The second-order valence-corrected chi connectivity index (χ2v) is 6.90. The Morgan fingerprint density at radius 3 is 2.50 bits per heavy atom. The largest absolute Gasteiger partial charge is 0.497 e. The number of halogens is 2. The molecule has 2 rings (SSSR count). The fourth-order valence-corrected chi connectivity index (χ4v) is 3.05. The smallest absolute Gasteiger partial charge is 0.218 e. The van der Waals surface area contributed by atoms with Crippen LogP contribution in [0.2, 0.25) is 5.02 Å². The molecular weight excluding hydrogens is 355 g/mol. The van der Waals surface area contributed by atoms with Gasteiger partial charge in [0.2, 0.25) is 9.84 Å². The molecule has 2 aromatic carbocycles. The van der Waals surface area contributed by atoms with Crippen LogP contribution in [0.15, 0.2) is 58.5 Å². The van der Waals surface area contributed by atoms with Crippen molar-refractivity contribution < 1.29 is 17.5 Å². The third-order valence-electron chi connectivity index (χ3n) is 3.06. The second-order valence-electron chi connectivity index (χ2n) is 4.57. The van der Waals surface area contributed by atoms with Crippen LogP contribution < -0.4 is 10.1 Å². The van der Waals surface area contributed by atoms with E-state index < -0.39 is 20.6 Å². The number of nitrogens with zero attached hydrogens (tertiary/aromatic N) is 1. The summed E-state index contributed by atoms with van der Waals surface area (Å²) in [5.41, 5.74) is 0.346. The van der Waals surface area contributed by atoms with Gasteiger partial charge in [0.1, 0.15) is 17.6 Å². The van der Waals surface area contributed by atoms with Gasteiger partial charge in [-0.15, -0.1) is 0 Å². The van der Waals surface area contributed by atoms with Crippen LogP contribution in [0.3, 0.4) is 0 Å². The third-order valence-corrected chi connectivity index (χ3v) is 5.03. The van der Waals surface area contributed by atoms with E-state index in [1.54, 1.807) is 6.07 Å². The van der Waals surface area contributed by atoms with Crippen molar-refractivity contribution in [2.75, 3.05) is 12.4 Å². The van der Waals surface area contributed by atoms with Gasteiger partial charge in [0.05, 0.1) is 17.0 Å². The monoisotopic (exact) mass is 366 g/mol. The molecule has 0 aliphatic carbocycles. The van der Waals surface area contributed by atoms with E-state index in [9.17, 15) is 12.8 Å². The molecule has 0 atom stereocenters. The number of rotatable bonds is 5. The van der Waals surface area contributed by atoms with E-state index in [0.717, 1.165) is 12.3 Å². The van der Waals surface area contributed by atoms with Crippen LogP contribution in [0.1, 0.15) is 0 Å². The summed E-state index contributed by atoms with van der Waals surface area (Å²) in [5, 5.41) is 11.7. The Labute approximate surface area is 143 Å². The number of methoxy groups -OCH3 is 1. The first kappa shape index (κ1) is 17.8. The summed E-state index contributed by atoms with van der Waals surface area (Å²) in [6.07, 6.45) is 1.03. The lowest BCUT2D eigenvalue weighted by Crippen LogP contribution is -2.05. The Balaban J connectivity index is 2.31. The molecule has 0 heterocycles. The summed E-state index contributed by atoms with van der Waals surface area (Å²) in [4.78, 5) is -0.539. The van der Waals surface area contributed by atoms with E-state index in [0.29, 0.717) is 11.4 Å². The quantitative estimate of drug-likeness (QED) is 0.815. The Bertz CT molecular complexity index is 919. The molecule has 0 saturated heterocycles. The highest BCUT2D eigenvalue weighted by Gasteiger charge is 2.20. The first-order chi connectivity index (χ1) is 11.4. The Morgan fingerprint density at radius 2 is 1.96 bits per heavy atom. The maximum Gasteiger partial charge on any atom is 0.218 e. The van der Waals surface area contributed by atoms with E-state index in [4.69, 9.17) is 21.6 Å². The van der Waals surface area contributed by atoms with Crippen molar-refractivity contribution in [1.29, 1.82) is 5.26 Å². The van der Waals surface area contributed by atoms with Gasteiger partial charge < -0.3 is 10.1 Å². The van der Waals surface area contributed by atoms with Gasteiger partial charge in [-0.05, 0) is 42.5 Å². The molecule has 24 heavy (non-hydrogen) atoms. The van der Waals surface area contributed by atoms with Crippen molar-refractivity contribution in [2.45, 2.75) is 4.90 Å². The second kappa shape index (κ2) is 7.34. The molecule has 0 aliphatic rings. The van der Waals surface area contributed by atoms with Crippen LogP contribution in [-0.2, 0) is 9.84 Å². The lowest BCUT2D eigenvalue weighted by Gasteiger charge is -2.06. The molecule has 8 heteroatoms. The van der Waals surface area contributed by atoms with Crippen LogP contribution >= 0.6 is 11.6 Å². The molecule has 5 nitrogen and oxygen atoms in total. The van der Waals surface area contributed by atoms with Gasteiger partial charge in [-0.3, -0.25) is 0 Å². The molecule has 0 radical (unpaired) electrons. The number of anilines is 1. The van der Waals surface area contributed by atoms with Gasteiger partial charge in [0.25, 0.3) is 0 Å². The van der Waals surface area contributed by atoms with Crippen LogP contribution in [0.25, 0.3) is 0 Å². The van der Waals surface area contributed by atoms with Crippen LogP contribution in [-0.4, -0.2) is 15.5 Å². The maximum atomic E-state index is 13.1. The van der Waals surface area contributed by atoms with E-state index in [2.05, 4.69) is 5.32 Å². The minimum Gasteiger partial charge on any atom is -0.497 e. The highest BCUT2D eigenvalue weighted by atomic mass is 35.5. The maximum absolute atomic E-state index is 13.1. The molecule has 0 saturated carbocycles. The van der Waals surface area contributed by atoms with Crippen molar-refractivity contribution >= 4 is 27.1 Å². The number of allylic oxidation sites excluding steroid dienone is 1. The minimum absolute atomic E-state index is 0.0463. The number of hydrogen-bond donors (Lipinski definition) is 1. The van der Waals surface area contributed by atoms with Crippen molar-refractivity contribution in [1.82, 2.24) is 0 Å². The summed E-state index contributed by atoms with van der Waals surface area (Å²) in [5.74, 6) is -0.104. The zero-order valence-corrected chi connectivity index (χ0v) is 14.0. The average Bonchev–Trinajstić information content (AvgIpc) is 2.58. The number of ether oxygens (including phenoxy) is 1. The topological polar surface area (TPSA) is 79.2 Å². The Morgan fingerprint density at radius 1 is 1.29 bits per heavy atom. The third kappa shape index (κ3) is 3.85. The Hall–Kier alpha value is -2.56. The molecule has 0 amide bonds. The minimum atomic E-state index is -3.99. The van der Waals surface area contributed by atoms with Gasteiger partial charge in [-0.25, -0.2) is 12.8 Å². The van der Waals surface area contributed by atoms with Crippen molar-refractivity contribution in [3.05, 3.63) is 64.4 Å². The Kier molecular flexibility index (Phi) is 5.44. The summed E-state index contributed by atoms with van der Waals surface area (Å²) in [6, 6.07) is 11.1. The highest BCUT2D eigenvalue weighted by Crippen LogP contribution is 2.23. The molecule has 124 valence electrons. The average molecular weight is 367 g/mol. The first-order valence-electron chi connectivity index (χ1n) is 6.59. The van der Waals surface area contributed by atoms with E-state index in [-0.39, 0.29) is 9.92 Å². The van der Waals surface area contributed by atoms with Gasteiger partial charge in [-0.1, -0.05) is 11.6 Å². The molecule has 1 N–H and O–H groups in total. The predicted octanol–water partition coefficient (Wildman–Crippen LogP) is 3.74. The van der Waals surface area contributed by atoms with E-state index >= 15 is 0 Å². The van der Waals surface area contributed by atoms with Crippen molar-refractivity contribution in [2.24, 2.45) is 0 Å². The molecule has 2 aromatic rings. The normalized spacial score (nSPS) is 11.7. The zero-order valence-electron chi connectivity index (χ0n) is 12.5. The van der Waals surface area contributed by atoms with Gasteiger partial charge in [0.15, 0.2) is 4.91 Å². The summed E-state index contributed by atoms with van der Waals surface area (Å²) in [7, 11) is -2.53. The van der Waals surface area contributed by atoms with Gasteiger partial charge in [0, 0.05) is 11.9 Å². The molecule has 0 aliphatic heterocycles. The fraction of sp³-hybridized carbons (Fsp3) is 0.0625. The van der Waals surface area contributed by atoms with Crippen LogP contribution in [0.5, 0.6) is 5.75 Å². The number of nitrogens with one attached hydrogen (secondary N) is 1. The number of hydrogen-bond acceptors (Lipinski definition) is 5. The summed E-state index contributed by atoms with van der Waals surface area (Å²) < 4.78 is 43.0. The highest BCUT2D eigenvalue weighted by molar-refractivity contribution is 7.95. The van der Waals surface area contributed by atoms with Crippen LogP contribution in [0, 0.1) is 17.1 Å². The summed E-state index contributed by atoms with van der Waals surface area (Å²) >= 11 is 5.65. The van der Waals surface area contributed by atoms with Crippen molar-refractivity contribution in [3.63, 3.8) is 0 Å². The zero-order chi connectivity index (χ0) is 17.7. The number of sulfone groups is 1. The lowest BCUT2D eigenvalue weighted by atomic mass is 10.3. The van der Waals surface area contributed by atoms with Crippen LogP contribution in [0.4, 0.5) is 10.1 Å². The summed E-state index contributed by atoms with van der Waals surface area (Å²) in [6.45, 7) is 0. The molecule has 0 aromatic heterocycles. The van der Waals surface area contributed by atoms with Crippen molar-refractivity contribution in [3.8, 4) is 11.8 Å². The lowest BCUT2D eigenvalue weighted by molar-refractivity contribution is 0.414. The molecule has 0 fully saturated rings. The van der Waals surface area contributed by atoms with Gasteiger partial charge in [-0.2, -0.15) is 5.26 Å². The van der Waals surface area contributed by atoms with Gasteiger partial charge >= 0.3 is 0 Å². The first-order valence-corrected chi connectivity index (χ1v) is 8.45. The number of benzene rings is 2. The molecule has 0 unspecified atom stereocenters. The molecular formula is C16H12ClFN2O3S.